The molecule has 1 aromatic rings. The highest BCUT2D eigenvalue weighted by Crippen LogP contribution is 2.17. The summed E-state index contributed by atoms with van der Waals surface area (Å²) in [5.74, 6) is 0.761. The van der Waals surface area contributed by atoms with Gasteiger partial charge in [-0.15, -0.1) is 0 Å². The number of likely N-dealkylation sites (N-methyl/N-ethyl adjacent to an activating group) is 1. The summed E-state index contributed by atoms with van der Waals surface area (Å²) in [5, 5.41) is 6.66. The van der Waals surface area contributed by atoms with Crippen LogP contribution in [0.25, 0.3) is 0 Å². The number of hydrogen-bond acceptors (Lipinski definition) is 2. The number of nitrogens with zero attached hydrogens (tertiary/aromatic N) is 2. The molecule has 0 radical (unpaired) electrons. The molecule has 0 heterocycles. The molecule has 1 aromatic carbocycles. The number of rotatable bonds is 5. The molecule has 0 saturated heterocycles. The summed E-state index contributed by atoms with van der Waals surface area (Å²) in [4.78, 5) is 18.1. The monoisotopic (exact) mass is 394 g/mol. The van der Waals surface area contributed by atoms with E-state index < -0.39 is 0 Å². The van der Waals surface area contributed by atoms with E-state index in [1.165, 1.54) is 32.1 Å². The number of guanidine groups is 1. The highest BCUT2D eigenvalue weighted by atomic mass is 79.9. The lowest BCUT2D eigenvalue weighted by Crippen LogP contribution is -2.47. The van der Waals surface area contributed by atoms with Gasteiger partial charge in [0.05, 0.1) is 13.1 Å². The smallest absolute Gasteiger partial charge is 0.241 e. The van der Waals surface area contributed by atoms with Crippen LogP contribution in [0.3, 0.4) is 0 Å². The summed E-state index contributed by atoms with van der Waals surface area (Å²) in [6.45, 7) is 0.845. The Hall–Kier alpha value is -1.56. The van der Waals surface area contributed by atoms with Crippen LogP contribution in [0.1, 0.15) is 37.7 Å². The first-order valence-corrected chi connectivity index (χ1v) is 9.33. The number of hydrogen-bond donors (Lipinski definition) is 2. The number of halogens is 1. The quantitative estimate of drug-likeness (QED) is 0.596. The zero-order chi connectivity index (χ0) is 17.4. The van der Waals surface area contributed by atoms with E-state index in [9.17, 15) is 4.79 Å². The average molecular weight is 395 g/mol. The van der Waals surface area contributed by atoms with Crippen LogP contribution in [0, 0.1) is 0 Å². The van der Waals surface area contributed by atoms with Gasteiger partial charge in [0.2, 0.25) is 5.91 Å². The second-order valence-electron chi connectivity index (χ2n) is 6.41. The molecule has 0 aromatic heterocycles. The van der Waals surface area contributed by atoms with Crippen LogP contribution < -0.4 is 10.6 Å². The normalized spacial score (nSPS) is 15.9. The highest BCUT2D eigenvalue weighted by Gasteiger charge is 2.15. The van der Waals surface area contributed by atoms with Crippen LogP contribution in [-0.2, 0) is 11.3 Å². The molecule has 0 atom stereocenters. The molecule has 24 heavy (non-hydrogen) atoms. The summed E-state index contributed by atoms with van der Waals surface area (Å²) >= 11 is 3.44. The molecule has 132 valence electrons. The molecule has 0 unspecified atom stereocenters. The number of nitrogens with one attached hydrogen (secondary N) is 2. The molecule has 2 rings (SSSR count). The van der Waals surface area contributed by atoms with E-state index in [-0.39, 0.29) is 12.5 Å². The fourth-order valence-corrected chi connectivity index (χ4v) is 2.93. The van der Waals surface area contributed by atoms with Gasteiger partial charge in [-0.1, -0.05) is 47.3 Å². The van der Waals surface area contributed by atoms with Crippen molar-refractivity contribution in [2.45, 2.75) is 44.7 Å². The van der Waals surface area contributed by atoms with Crippen LogP contribution >= 0.6 is 15.9 Å². The van der Waals surface area contributed by atoms with Crippen LogP contribution in [0.15, 0.2) is 33.7 Å². The van der Waals surface area contributed by atoms with Gasteiger partial charge in [0.25, 0.3) is 0 Å². The predicted octanol–water partition coefficient (Wildman–Crippen LogP) is 2.91. The van der Waals surface area contributed by atoms with Crippen molar-refractivity contribution >= 4 is 27.8 Å². The molecule has 1 saturated carbocycles. The van der Waals surface area contributed by atoms with Gasteiger partial charge in [0.15, 0.2) is 5.96 Å². The minimum absolute atomic E-state index is 0.0387. The molecule has 1 aliphatic rings. The summed E-state index contributed by atoms with van der Waals surface area (Å²) < 4.78 is 1.06. The molecule has 1 fully saturated rings. The summed E-state index contributed by atoms with van der Waals surface area (Å²) in [7, 11) is 3.52. The summed E-state index contributed by atoms with van der Waals surface area (Å²) in [6, 6.07) is 8.59. The van der Waals surface area contributed by atoms with Crippen LogP contribution in [0.2, 0.25) is 0 Å². The third kappa shape index (κ3) is 6.51. The van der Waals surface area contributed by atoms with E-state index in [4.69, 9.17) is 0 Å². The zero-order valence-electron chi connectivity index (χ0n) is 14.5. The van der Waals surface area contributed by atoms with E-state index in [0.717, 1.165) is 16.0 Å². The molecule has 2 N–H and O–H groups in total. The van der Waals surface area contributed by atoms with E-state index in [2.05, 4.69) is 43.7 Å². The fraction of sp³-hybridized carbons (Fsp3) is 0.556. The van der Waals surface area contributed by atoms with Crippen LogP contribution in [-0.4, -0.2) is 43.4 Å². The third-order valence-corrected chi connectivity index (χ3v) is 4.71. The van der Waals surface area contributed by atoms with E-state index >= 15 is 0 Å². The molecular formula is C18H27BrN4O. The topological polar surface area (TPSA) is 56.7 Å². The summed E-state index contributed by atoms with van der Waals surface area (Å²) in [6.07, 6.45) is 6.17. The number of amides is 1. The highest BCUT2D eigenvalue weighted by molar-refractivity contribution is 9.10. The molecule has 0 spiro atoms. The van der Waals surface area contributed by atoms with E-state index in [0.29, 0.717) is 12.6 Å². The van der Waals surface area contributed by atoms with Gasteiger partial charge >= 0.3 is 0 Å². The summed E-state index contributed by atoms with van der Waals surface area (Å²) in [5.41, 5.74) is 1.14. The second kappa shape index (κ2) is 9.67. The lowest BCUT2D eigenvalue weighted by Gasteiger charge is -2.25. The average Bonchev–Trinajstić information content (AvgIpc) is 2.59. The standard InChI is InChI=1S/C18H27BrN4O/c1-23(2)17(24)13-21-18(22-16-6-4-3-5-7-16)20-12-14-8-10-15(19)11-9-14/h8-11,16H,3-7,12-13H2,1-2H3,(H2,20,21,22). The Labute approximate surface area is 153 Å². The third-order valence-electron chi connectivity index (χ3n) is 4.18. The van der Waals surface area contributed by atoms with E-state index in [1.54, 1.807) is 19.0 Å². The number of carbonyl (C=O) groups excluding carboxylic acids is 1. The van der Waals surface area contributed by atoms with Crippen molar-refractivity contribution in [3.8, 4) is 0 Å². The van der Waals surface area contributed by atoms with Crippen molar-refractivity contribution in [3.63, 3.8) is 0 Å². The molecule has 6 heteroatoms. The van der Waals surface area contributed by atoms with Crippen molar-refractivity contribution in [3.05, 3.63) is 34.3 Å². The van der Waals surface area contributed by atoms with E-state index in [1.807, 2.05) is 12.1 Å². The minimum atomic E-state index is 0.0387. The maximum atomic E-state index is 11.8. The van der Waals surface area contributed by atoms with Gasteiger partial charge in [-0.3, -0.25) is 4.79 Å². The lowest BCUT2D eigenvalue weighted by molar-refractivity contribution is -0.127. The zero-order valence-corrected chi connectivity index (χ0v) is 16.1. The Morgan fingerprint density at radius 1 is 1.21 bits per heavy atom. The van der Waals surface area contributed by atoms with Crippen LogP contribution in [0.5, 0.6) is 0 Å². The Balaban J connectivity index is 1.97. The lowest BCUT2D eigenvalue weighted by atomic mass is 9.96. The van der Waals surface area contributed by atoms with Crippen LogP contribution in [0.4, 0.5) is 0 Å². The van der Waals surface area contributed by atoms with Gasteiger partial charge in [0, 0.05) is 24.6 Å². The SMILES string of the molecule is CN(C)C(=O)CNC(=NCc1ccc(Br)cc1)NC1CCCCC1. The predicted molar refractivity (Wildman–Crippen MR) is 102 cm³/mol. The van der Waals surface area contributed by atoms with Gasteiger partial charge in [-0.2, -0.15) is 0 Å². The first-order valence-electron chi connectivity index (χ1n) is 8.54. The molecular weight excluding hydrogens is 368 g/mol. The van der Waals surface area contributed by atoms with Gasteiger partial charge < -0.3 is 15.5 Å². The maximum absolute atomic E-state index is 11.8. The minimum Gasteiger partial charge on any atom is -0.354 e. The van der Waals surface area contributed by atoms with Crippen molar-refractivity contribution in [1.82, 2.24) is 15.5 Å². The van der Waals surface area contributed by atoms with Gasteiger partial charge in [-0.25, -0.2) is 4.99 Å². The first-order chi connectivity index (χ1) is 11.5. The Morgan fingerprint density at radius 2 is 1.88 bits per heavy atom. The number of aliphatic imine (C=N–C) groups is 1. The molecule has 1 amide bonds. The molecule has 5 nitrogen and oxygen atoms in total. The fourth-order valence-electron chi connectivity index (χ4n) is 2.67. The molecule has 0 aliphatic heterocycles. The first kappa shape index (κ1) is 18.8. The Morgan fingerprint density at radius 3 is 2.50 bits per heavy atom. The molecule has 1 aliphatic carbocycles. The van der Waals surface area contributed by atoms with Crippen molar-refractivity contribution in [1.29, 1.82) is 0 Å². The van der Waals surface area contributed by atoms with Gasteiger partial charge in [-0.05, 0) is 30.5 Å². The second-order valence-corrected chi connectivity index (χ2v) is 7.33. The van der Waals surface area contributed by atoms with Crippen molar-refractivity contribution < 1.29 is 4.79 Å². The number of benzene rings is 1. The molecule has 0 bridgehead atoms. The Bertz CT molecular complexity index is 551. The van der Waals surface area contributed by atoms with Crippen molar-refractivity contribution in [2.75, 3.05) is 20.6 Å². The van der Waals surface area contributed by atoms with Crippen molar-refractivity contribution in [2.24, 2.45) is 4.99 Å². The Kier molecular flexibility index (Phi) is 7.56. The van der Waals surface area contributed by atoms with Gasteiger partial charge in [0.1, 0.15) is 0 Å². The largest absolute Gasteiger partial charge is 0.354 e. The maximum Gasteiger partial charge on any atom is 0.241 e. The number of carbonyl (C=O) groups is 1.